The van der Waals surface area contributed by atoms with Gasteiger partial charge in [0.05, 0.1) is 11.4 Å². The van der Waals surface area contributed by atoms with Crippen LogP contribution in [0.3, 0.4) is 0 Å². The number of aromatic nitrogens is 2. The molecule has 2 N–H and O–H groups in total. The topological polar surface area (TPSA) is 49.8 Å². The first-order valence-electron chi connectivity index (χ1n) is 7.11. The monoisotopic (exact) mass is 330 g/mol. The zero-order valence-electron chi connectivity index (χ0n) is 12.6. The highest BCUT2D eigenvalue weighted by Crippen LogP contribution is 2.26. The minimum Gasteiger partial charge on any atom is -0.357 e. The van der Waals surface area contributed by atoms with Gasteiger partial charge in [-0.25, -0.2) is 18.2 Å². The van der Waals surface area contributed by atoms with E-state index in [4.69, 9.17) is 0 Å². The molecular formula is C17H13F3N4. The number of anilines is 3. The first-order valence-corrected chi connectivity index (χ1v) is 7.11. The summed E-state index contributed by atoms with van der Waals surface area (Å²) in [5.41, 5.74) is 1.22. The molecule has 0 saturated carbocycles. The molecule has 0 radical (unpaired) electrons. The molecule has 122 valence electrons. The van der Waals surface area contributed by atoms with E-state index in [2.05, 4.69) is 20.6 Å². The van der Waals surface area contributed by atoms with E-state index in [1.54, 1.807) is 13.1 Å². The van der Waals surface area contributed by atoms with Gasteiger partial charge in [0.25, 0.3) is 0 Å². The van der Waals surface area contributed by atoms with Gasteiger partial charge in [0, 0.05) is 18.7 Å². The van der Waals surface area contributed by atoms with E-state index >= 15 is 0 Å². The summed E-state index contributed by atoms with van der Waals surface area (Å²) < 4.78 is 40.2. The normalized spacial score (nSPS) is 10.5. The summed E-state index contributed by atoms with van der Waals surface area (Å²) in [5.74, 6) is -3.53. The molecule has 0 aliphatic rings. The standard InChI is InChI=1S/C17H13F3N4/c1-21-17-23-13(10-5-3-2-4-6-10)9-14(24-17)22-12-8-7-11(18)15(19)16(12)20/h2-9H,1H3,(H2,21,22,23,24). The van der Waals surface area contributed by atoms with Crippen LogP contribution in [0.25, 0.3) is 11.3 Å². The summed E-state index contributed by atoms with van der Waals surface area (Å²) in [6, 6.07) is 12.9. The van der Waals surface area contributed by atoms with Crippen molar-refractivity contribution in [3.05, 3.63) is 66.0 Å². The molecule has 3 rings (SSSR count). The van der Waals surface area contributed by atoms with Crippen LogP contribution in [0.4, 0.5) is 30.6 Å². The third-order valence-electron chi connectivity index (χ3n) is 3.32. The largest absolute Gasteiger partial charge is 0.357 e. The average Bonchev–Trinajstić information content (AvgIpc) is 2.62. The first-order chi connectivity index (χ1) is 11.6. The van der Waals surface area contributed by atoms with Crippen molar-refractivity contribution in [2.24, 2.45) is 0 Å². The van der Waals surface area contributed by atoms with Crippen molar-refractivity contribution >= 4 is 17.5 Å². The number of hydrogen-bond donors (Lipinski definition) is 2. The Balaban J connectivity index is 2.01. The van der Waals surface area contributed by atoms with Gasteiger partial charge >= 0.3 is 0 Å². The lowest BCUT2D eigenvalue weighted by atomic mass is 10.1. The molecule has 24 heavy (non-hydrogen) atoms. The van der Waals surface area contributed by atoms with Crippen molar-refractivity contribution in [2.45, 2.75) is 0 Å². The van der Waals surface area contributed by atoms with Crippen LogP contribution in [-0.4, -0.2) is 17.0 Å². The van der Waals surface area contributed by atoms with Crippen LogP contribution in [0.2, 0.25) is 0 Å². The Morgan fingerprint density at radius 1 is 0.875 bits per heavy atom. The third-order valence-corrected chi connectivity index (χ3v) is 3.32. The highest BCUT2D eigenvalue weighted by Gasteiger charge is 2.14. The number of benzene rings is 2. The molecule has 0 aliphatic carbocycles. The van der Waals surface area contributed by atoms with Gasteiger partial charge in [-0.15, -0.1) is 0 Å². The minimum absolute atomic E-state index is 0.214. The van der Waals surface area contributed by atoms with Gasteiger partial charge in [0.2, 0.25) is 5.95 Å². The minimum atomic E-state index is -1.54. The molecule has 1 aromatic heterocycles. The smallest absolute Gasteiger partial charge is 0.224 e. The second-order valence-corrected chi connectivity index (χ2v) is 4.93. The van der Waals surface area contributed by atoms with Crippen LogP contribution in [0.1, 0.15) is 0 Å². The molecule has 0 aliphatic heterocycles. The second-order valence-electron chi connectivity index (χ2n) is 4.93. The van der Waals surface area contributed by atoms with Gasteiger partial charge in [-0.1, -0.05) is 30.3 Å². The predicted molar refractivity (Wildman–Crippen MR) is 86.6 cm³/mol. The second kappa shape index (κ2) is 6.57. The van der Waals surface area contributed by atoms with E-state index in [1.807, 2.05) is 30.3 Å². The molecule has 3 aromatic rings. The fourth-order valence-corrected chi connectivity index (χ4v) is 2.14. The summed E-state index contributed by atoms with van der Waals surface area (Å²) in [6.45, 7) is 0. The number of nitrogens with one attached hydrogen (secondary N) is 2. The van der Waals surface area contributed by atoms with E-state index in [1.165, 1.54) is 0 Å². The number of nitrogens with zero attached hydrogens (tertiary/aromatic N) is 2. The summed E-state index contributed by atoms with van der Waals surface area (Å²) in [7, 11) is 1.64. The molecule has 0 spiro atoms. The van der Waals surface area contributed by atoms with E-state index in [-0.39, 0.29) is 11.5 Å². The predicted octanol–water partition coefficient (Wildman–Crippen LogP) is 4.35. The molecule has 4 nitrogen and oxygen atoms in total. The lowest BCUT2D eigenvalue weighted by molar-refractivity contribution is 0.449. The highest BCUT2D eigenvalue weighted by atomic mass is 19.2. The molecular weight excluding hydrogens is 317 g/mol. The Morgan fingerprint density at radius 3 is 2.33 bits per heavy atom. The Hall–Kier alpha value is -3.09. The van der Waals surface area contributed by atoms with Crippen LogP contribution in [0, 0.1) is 17.5 Å². The lowest BCUT2D eigenvalue weighted by Gasteiger charge is -2.11. The summed E-state index contributed by atoms with van der Waals surface area (Å²) in [6.07, 6.45) is 0. The molecule has 0 bridgehead atoms. The molecule has 0 atom stereocenters. The number of halogens is 3. The van der Waals surface area contributed by atoms with Crippen molar-refractivity contribution in [1.29, 1.82) is 0 Å². The number of hydrogen-bond acceptors (Lipinski definition) is 4. The number of rotatable bonds is 4. The molecule has 0 fully saturated rings. The van der Waals surface area contributed by atoms with Gasteiger partial charge in [-0.3, -0.25) is 0 Å². The fourth-order valence-electron chi connectivity index (χ4n) is 2.14. The molecule has 7 heteroatoms. The maximum absolute atomic E-state index is 13.8. The van der Waals surface area contributed by atoms with Crippen LogP contribution in [0.5, 0.6) is 0 Å². The van der Waals surface area contributed by atoms with Crippen molar-refractivity contribution in [3.8, 4) is 11.3 Å². The van der Waals surface area contributed by atoms with Gasteiger partial charge in [0.1, 0.15) is 5.82 Å². The quantitative estimate of drug-likeness (QED) is 0.699. The fraction of sp³-hybridized carbons (Fsp3) is 0.0588. The van der Waals surface area contributed by atoms with Gasteiger partial charge in [-0.05, 0) is 12.1 Å². The van der Waals surface area contributed by atoms with Crippen molar-refractivity contribution in [2.75, 3.05) is 17.7 Å². The lowest BCUT2D eigenvalue weighted by Crippen LogP contribution is -2.04. The first kappa shape index (κ1) is 15.8. The SMILES string of the molecule is CNc1nc(Nc2ccc(F)c(F)c2F)cc(-c2ccccc2)n1. The third kappa shape index (κ3) is 3.15. The maximum Gasteiger partial charge on any atom is 0.224 e. The van der Waals surface area contributed by atoms with Crippen LogP contribution >= 0.6 is 0 Å². The van der Waals surface area contributed by atoms with E-state index < -0.39 is 17.5 Å². The molecule has 0 unspecified atom stereocenters. The Morgan fingerprint density at radius 2 is 1.62 bits per heavy atom. The molecule has 2 aromatic carbocycles. The van der Waals surface area contributed by atoms with Gasteiger partial charge in [-0.2, -0.15) is 4.98 Å². The zero-order chi connectivity index (χ0) is 17.1. The van der Waals surface area contributed by atoms with E-state index in [0.29, 0.717) is 11.6 Å². The van der Waals surface area contributed by atoms with Crippen LogP contribution in [0.15, 0.2) is 48.5 Å². The Bertz CT molecular complexity index is 869. The van der Waals surface area contributed by atoms with E-state index in [0.717, 1.165) is 17.7 Å². The Kier molecular flexibility index (Phi) is 4.33. The van der Waals surface area contributed by atoms with Gasteiger partial charge < -0.3 is 10.6 Å². The summed E-state index contributed by atoms with van der Waals surface area (Å²) >= 11 is 0. The van der Waals surface area contributed by atoms with Gasteiger partial charge in [0.15, 0.2) is 17.5 Å². The highest BCUT2D eigenvalue weighted by molar-refractivity contribution is 5.67. The summed E-state index contributed by atoms with van der Waals surface area (Å²) in [4.78, 5) is 8.48. The van der Waals surface area contributed by atoms with Crippen molar-refractivity contribution in [1.82, 2.24) is 9.97 Å². The zero-order valence-corrected chi connectivity index (χ0v) is 12.6. The van der Waals surface area contributed by atoms with Crippen LogP contribution in [-0.2, 0) is 0 Å². The van der Waals surface area contributed by atoms with E-state index in [9.17, 15) is 13.2 Å². The van der Waals surface area contributed by atoms with Crippen molar-refractivity contribution < 1.29 is 13.2 Å². The molecule has 0 amide bonds. The molecule has 1 heterocycles. The Labute approximate surface area is 136 Å². The molecule has 0 saturated heterocycles. The average molecular weight is 330 g/mol. The van der Waals surface area contributed by atoms with Crippen molar-refractivity contribution in [3.63, 3.8) is 0 Å². The summed E-state index contributed by atoms with van der Waals surface area (Å²) in [5, 5.41) is 5.46. The van der Waals surface area contributed by atoms with Crippen LogP contribution < -0.4 is 10.6 Å². The maximum atomic E-state index is 13.8.